The molecule has 2 aromatic carbocycles. The summed E-state index contributed by atoms with van der Waals surface area (Å²) in [5.41, 5.74) is 4.17. The van der Waals surface area contributed by atoms with E-state index in [1.165, 1.54) is 5.56 Å². The number of fused-ring (bicyclic) bond motifs is 1. The first kappa shape index (κ1) is 13.4. The summed E-state index contributed by atoms with van der Waals surface area (Å²) in [5, 5.41) is 4.35. The van der Waals surface area contributed by atoms with Crippen molar-refractivity contribution in [3.8, 4) is 11.5 Å². The zero-order valence-electron chi connectivity index (χ0n) is 12.5. The van der Waals surface area contributed by atoms with Gasteiger partial charge in [-0.2, -0.15) is 0 Å². The van der Waals surface area contributed by atoms with Gasteiger partial charge in [-0.15, -0.1) is 0 Å². The van der Waals surface area contributed by atoms with Crippen LogP contribution in [0.5, 0.6) is 11.5 Å². The first-order chi connectivity index (χ1) is 10.2. The lowest BCUT2D eigenvalue weighted by atomic mass is 10.1. The number of aromatic nitrogens is 1. The molecular formula is C18H18N2O. The standard InChI is InChI=1S/C18H18N2O/c1-12-13(2)20-18-15(17(12)19-3)10-7-11-16(18)21-14-8-5-4-6-9-14/h4-11H,1-3H3,(H,19,20). The van der Waals surface area contributed by atoms with Crippen LogP contribution in [0.1, 0.15) is 11.3 Å². The van der Waals surface area contributed by atoms with Gasteiger partial charge in [0.1, 0.15) is 11.3 Å². The van der Waals surface area contributed by atoms with Crippen LogP contribution in [-0.2, 0) is 0 Å². The molecule has 106 valence electrons. The number of rotatable bonds is 3. The molecule has 0 bridgehead atoms. The summed E-state index contributed by atoms with van der Waals surface area (Å²) in [7, 11) is 1.94. The Bertz CT molecular complexity index is 782. The quantitative estimate of drug-likeness (QED) is 0.755. The molecule has 0 aliphatic rings. The molecule has 0 amide bonds. The first-order valence-electron chi connectivity index (χ1n) is 7.01. The van der Waals surface area contributed by atoms with Crippen LogP contribution in [0.25, 0.3) is 10.9 Å². The molecule has 1 aromatic heterocycles. The fourth-order valence-electron chi connectivity index (χ4n) is 2.49. The van der Waals surface area contributed by atoms with Gasteiger partial charge in [0.2, 0.25) is 0 Å². The second kappa shape index (κ2) is 5.44. The molecule has 21 heavy (non-hydrogen) atoms. The molecule has 0 aliphatic heterocycles. The molecule has 0 unspecified atom stereocenters. The Kier molecular flexibility index (Phi) is 3.48. The summed E-state index contributed by atoms with van der Waals surface area (Å²) in [6, 6.07) is 15.8. The highest BCUT2D eigenvalue weighted by atomic mass is 16.5. The largest absolute Gasteiger partial charge is 0.455 e. The number of ether oxygens (including phenoxy) is 1. The van der Waals surface area contributed by atoms with Crippen LogP contribution >= 0.6 is 0 Å². The van der Waals surface area contributed by atoms with E-state index >= 15 is 0 Å². The molecule has 0 atom stereocenters. The lowest BCUT2D eigenvalue weighted by Crippen LogP contribution is -1.99. The van der Waals surface area contributed by atoms with E-state index in [4.69, 9.17) is 9.72 Å². The zero-order chi connectivity index (χ0) is 14.8. The summed E-state index contributed by atoms with van der Waals surface area (Å²) >= 11 is 0. The number of nitrogens with one attached hydrogen (secondary N) is 1. The van der Waals surface area contributed by atoms with Crippen LogP contribution < -0.4 is 10.1 Å². The molecule has 1 heterocycles. The smallest absolute Gasteiger partial charge is 0.153 e. The van der Waals surface area contributed by atoms with Crippen LogP contribution in [0.15, 0.2) is 48.5 Å². The predicted molar refractivity (Wildman–Crippen MR) is 87.3 cm³/mol. The second-order valence-corrected chi connectivity index (χ2v) is 5.01. The molecule has 0 saturated heterocycles. The maximum absolute atomic E-state index is 6.00. The Balaban J connectivity index is 2.18. The van der Waals surface area contributed by atoms with Crippen molar-refractivity contribution in [1.29, 1.82) is 0 Å². The van der Waals surface area contributed by atoms with E-state index in [0.29, 0.717) is 0 Å². The highest BCUT2D eigenvalue weighted by molar-refractivity contribution is 5.96. The molecule has 0 aliphatic carbocycles. The maximum atomic E-state index is 6.00. The monoisotopic (exact) mass is 278 g/mol. The first-order valence-corrected chi connectivity index (χ1v) is 7.01. The van der Waals surface area contributed by atoms with Crippen molar-refractivity contribution in [2.75, 3.05) is 12.4 Å². The molecule has 0 fully saturated rings. The van der Waals surface area contributed by atoms with Gasteiger partial charge in [0.25, 0.3) is 0 Å². The SMILES string of the molecule is CNc1c(C)c(C)nc2c(Oc3ccccc3)cccc12. The van der Waals surface area contributed by atoms with Crippen molar-refractivity contribution in [2.24, 2.45) is 0 Å². The maximum Gasteiger partial charge on any atom is 0.153 e. The van der Waals surface area contributed by atoms with Crippen molar-refractivity contribution >= 4 is 16.6 Å². The lowest BCUT2D eigenvalue weighted by Gasteiger charge is -2.14. The number of para-hydroxylation sites is 2. The molecule has 0 saturated carbocycles. The molecule has 0 radical (unpaired) electrons. The van der Waals surface area contributed by atoms with Crippen molar-refractivity contribution in [1.82, 2.24) is 4.98 Å². The molecule has 3 rings (SSSR count). The van der Waals surface area contributed by atoms with Crippen LogP contribution in [-0.4, -0.2) is 12.0 Å². The summed E-state index contributed by atoms with van der Waals surface area (Å²) in [5.74, 6) is 1.59. The van der Waals surface area contributed by atoms with Crippen LogP contribution in [0.4, 0.5) is 5.69 Å². The number of anilines is 1. The van der Waals surface area contributed by atoms with E-state index in [9.17, 15) is 0 Å². The van der Waals surface area contributed by atoms with E-state index in [1.807, 2.05) is 56.4 Å². The molecule has 1 N–H and O–H groups in total. The van der Waals surface area contributed by atoms with Crippen LogP contribution in [0, 0.1) is 13.8 Å². The highest BCUT2D eigenvalue weighted by Crippen LogP contribution is 2.34. The number of nitrogens with zero attached hydrogens (tertiary/aromatic N) is 1. The number of pyridine rings is 1. The van der Waals surface area contributed by atoms with Crippen molar-refractivity contribution in [3.63, 3.8) is 0 Å². The van der Waals surface area contributed by atoms with Gasteiger partial charge in [-0.1, -0.05) is 30.3 Å². The minimum atomic E-state index is 0.776. The van der Waals surface area contributed by atoms with Gasteiger partial charge in [0, 0.05) is 23.8 Å². The van der Waals surface area contributed by atoms with Crippen molar-refractivity contribution in [3.05, 3.63) is 59.8 Å². The van der Waals surface area contributed by atoms with E-state index in [1.54, 1.807) is 0 Å². The zero-order valence-corrected chi connectivity index (χ0v) is 12.5. The Morgan fingerprint density at radius 1 is 0.952 bits per heavy atom. The topological polar surface area (TPSA) is 34.2 Å². The second-order valence-electron chi connectivity index (χ2n) is 5.01. The Morgan fingerprint density at radius 2 is 1.71 bits per heavy atom. The molecule has 3 aromatic rings. The minimum absolute atomic E-state index is 0.776. The summed E-state index contributed by atoms with van der Waals surface area (Å²) in [6.07, 6.45) is 0. The summed E-state index contributed by atoms with van der Waals surface area (Å²) in [4.78, 5) is 4.71. The fourth-order valence-corrected chi connectivity index (χ4v) is 2.49. The number of hydrogen-bond acceptors (Lipinski definition) is 3. The van der Waals surface area contributed by atoms with E-state index < -0.39 is 0 Å². The predicted octanol–water partition coefficient (Wildman–Crippen LogP) is 4.69. The average molecular weight is 278 g/mol. The number of aryl methyl sites for hydroxylation is 1. The van der Waals surface area contributed by atoms with Crippen LogP contribution in [0.2, 0.25) is 0 Å². The van der Waals surface area contributed by atoms with E-state index in [2.05, 4.69) is 18.3 Å². The van der Waals surface area contributed by atoms with Gasteiger partial charge >= 0.3 is 0 Å². The summed E-state index contributed by atoms with van der Waals surface area (Å²) in [6.45, 7) is 4.10. The van der Waals surface area contributed by atoms with Crippen molar-refractivity contribution < 1.29 is 4.74 Å². The number of benzene rings is 2. The third-order valence-electron chi connectivity index (χ3n) is 3.69. The van der Waals surface area contributed by atoms with Gasteiger partial charge in [0.05, 0.1) is 0 Å². The molecule has 3 nitrogen and oxygen atoms in total. The van der Waals surface area contributed by atoms with Crippen molar-refractivity contribution in [2.45, 2.75) is 13.8 Å². The molecular weight excluding hydrogens is 260 g/mol. The van der Waals surface area contributed by atoms with Gasteiger partial charge in [-0.05, 0) is 37.6 Å². The Hall–Kier alpha value is -2.55. The fraction of sp³-hybridized carbons (Fsp3) is 0.167. The van der Waals surface area contributed by atoms with Gasteiger partial charge in [-0.3, -0.25) is 0 Å². The third-order valence-corrected chi connectivity index (χ3v) is 3.69. The normalized spacial score (nSPS) is 10.6. The third kappa shape index (κ3) is 2.42. The molecule has 3 heteroatoms. The summed E-state index contributed by atoms with van der Waals surface area (Å²) < 4.78 is 6.00. The molecule has 0 spiro atoms. The Labute approximate surface area is 124 Å². The average Bonchev–Trinajstić information content (AvgIpc) is 2.50. The highest BCUT2D eigenvalue weighted by Gasteiger charge is 2.12. The Morgan fingerprint density at radius 3 is 2.43 bits per heavy atom. The lowest BCUT2D eigenvalue weighted by molar-refractivity contribution is 0.487. The van der Waals surface area contributed by atoms with Gasteiger partial charge < -0.3 is 10.1 Å². The number of hydrogen-bond donors (Lipinski definition) is 1. The van der Waals surface area contributed by atoms with Gasteiger partial charge in [-0.25, -0.2) is 4.98 Å². The van der Waals surface area contributed by atoms with E-state index in [-0.39, 0.29) is 0 Å². The van der Waals surface area contributed by atoms with E-state index in [0.717, 1.165) is 33.8 Å². The minimum Gasteiger partial charge on any atom is -0.455 e. The van der Waals surface area contributed by atoms with Gasteiger partial charge in [0.15, 0.2) is 5.75 Å². The van der Waals surface area contributed by atoms with Crippen LogP contribution in [0.3, 0.4) is 0 Å².